The van der Waals surface area contributed by atoms with E-state index in [0.29, 0.717) is 47.3 Å². The topological polar surface area (TPSA) is 94.9 Å². The van der Waals surface area contributed by atoms with E-state index in [1.807, 2.05) is 60.4 Å². The van der Waals surface area contributed by atoms with Crippen LogP contribution in [0.3, 0.4) is 0 Å². The molecule has 3 heterocycles. The number of piperazine rings is 1. The third kappa shape index (κ3) is 9.25. The Balaban J connectivity index is 1.68. The minimum atomic E-state index is -3.33. The van der Waals surface area contributed by atoms with Gasteiger partial charge < -0.3 is 9.64 Å². The average Bonchev–Trinajstić information content (AvgIpc) is 3.79. The molecule has 0 saturated carbocycles. The second kappa shape index (κ2) is 18.8. The average molecular weight is 881 g/mol. The van der Waals surface area contributed by atoms with Gasteiger partial charge in [-0.15, -0.1) is 0 Å². The molecule has 1 amide bonds. The Morgan fingerprint density at radius 1 is 0.817 bits per heavy atom. The van der Waals surface area contributed by atoms with Crippen LogP contribution in [0.15, 0.2) is 76.7 Å². The van der Waals surface area contributed by atoms with Gasteiger partial charge in [0.05, 0.1) is 37.0 Å². The number of hydrogen-bond acceptors (Lipinski definition) is 8. The fourth-order valence-electron chi connectivity index (χ4n) is 9.83. The summed E-state index contributed by atoms with van der Waals surface area (Å²) in [6.07, 6.45) is 5.61. The SMILES string of the molecule is CCOc1cc(C(C)(C)C)ccc1C1C[N@+](CCCS(C)(=O)=O)(N2C(c3ccc(Cl)cc3)=NC(CC)C2CC)[C@@H](N2C(c3ccc(Cl)cc3)=NC(CC)C2CC)CN1C=O. The standard InChI is InChI=1S/C47H65Cl2N6O4S/c1-10-38-40(12-3)53(45(50-38)32-16-21-35(48)22-17-32)44-29-52(31-56)42(37-25-20-34(47(6,7)8)28-43(37)59-14-5)30-55(44,26-15-27-60(9,57)58)54-41(13-4)39(11-2)51-46(54)33-18-23-36(49)24-19-33/h16-25,28,31,38-42,44H,10-15,26-27,29-30H2,1-9H3/q+1/t38?,39?,40?,41?,42?,44-,55+/m1/s1. The molecule has 3 aliphatic heterocycles. The first-order chi connectivity index (χ1) is 28.5. The van der Waals surface area contributed by atoms with E-state index in [1.54, 1.807) is 0 Å². The van der Waals surface area contributed by atoms with Crippen molar-refractivity contribution in [1.82, 2.24) is 14.8 Å². The van der Waals surface area contributed by atoms with E-state index in [2.05, 4.69) is 76.6 Å². The van der Waals surface area contributed by atoms with Crippen LogP contribution < -0.4 is 4.74 Å². The molecule has 6 rings (SSSR count). The largest absolute Gasteiger partial charge is 0.494 e. The van der Waals surface area contributed by atoms with Crippen molar-refractivity contribution >= 4 is 51.1 Å². The van der Waals surface area contributed by atoms with Crippen molar-refractivity contribution in [1.29, 1.82) is 0 Å². The highest BCUT2D eigenvalue weighted by Gasteiger charge is 2.61. The molecule has 0 radical (unpaired) electrons. The molecule has 0 N–H and O–H groups in total. The summed E-state index contributed by atoms with van der Waals surface area (Å²) in [5.74, 6) is 2.49. The summed E-state index contributed by atoms with van der Waals surface area (Å²) < 4.78 is 32.9. The Labute approximate surface area is 369 Å². The number of quaternary nitrogens is 1. The second-order valence-electron chi connectivity index (χ2n) is 17.7. The monoisotopic (exact) mass is 879 g/mol. The molecule has 0 bridgehead atoms. The summed E-state index contributed by atoms with van der Waals surface area (Å²) in [6.45, 7) is 19.1. The summed E-state index contributed by atoms with van der Waals surface area (Å²) in [5.41, 5.74) is 3.83. The van der Waals surface area contributed by atoms with Crippen molar-refractivity contribution in [2.75, 3.05) is 38.2 Å². The van der Waals surface area contributed by atoms with E-state index in [-0.39, 0.29) is 41.5 Å². The van der Waals surface area contributed by atoms with Crippen LogP contribution >= 0.6 is 23.2 Å². The minimum Gasteiger partial charge on any atom is -0.494 e. The Kier molecular flexibility index (Phi) is 14.4. The molecule has 0 spiro atoms. The summed E-state index contributed by atoms with van der Waals surface area (Å²) >= 11 is 13.0. The zero-order valence-corrected chi connectivity index (χ0v) is 39.3. The number of benzene rings is 3. The van der Waals surface area contributed by atoms with Gasteiger partial charge in [-0.3, -0.25) is 19.7 Å². The van der Waals surface area contributed by atoms with Gasteiger partial charge in [-0.1, -0.05) is 83.8 Å². The number of carbonyl (C=O) groups excluding carboxylic acids is 1. The molecule has 5 unspecified atom stereocenters. The van der Waals surface area contributed by atoms with Gasteiger partial charge in [0.15, 0.2) is 5.84 Å². The van der Waals surface area contributed by atoms with Crippen molar-refractivity contribution in [2.45, 2.75) is 129 Å². The number of rotatable bonds is 16. The highest BCUT2D eigenvalue weighted by atomic mass is 35.5. The van der Waals surface area contributed by atoms with E-state index in [1.165, 1.54) is 6.26 Å². The van der Waals surface area contributed by atoms with Crippen molar-refractivity contribution in [3.63, 3.8) is 0 Å². The van der Waals surface area contributed by atoms with Crippen LogP contribution in [0.2, 0.25) is 10.0 Å². The lowest BCUT2D eigenvalue weighted by atomic mass is 9.85. The molecule has 10 nitrogen and oxygen atoms in total. The van der Waals surface area contributed by atoms with Gasteiger partial charge in [0.25, 0.3) is 0 Å². The van der Waals surface area contributed by atoms with Gasteiger partial charge in [0.2, 0.25) is 12.6 Å². The predicted octanol–water partition coefficient (Wildman–Crippen LogP) is 9.33. The van der Waals surface area contributed by atoms with Crippen LogP contribution in [-0.2, 0) is 20.0 Å². The number of aliphatic imine (C=N–C) groups is 2. The van der Waals surface area contributed by atoms with Crippen molar-refractivity contribution in [3.8, 4) is 5.75 Å². The number of amides is 1. The third-order valence-electron chi connectivity index (χ3n) is 12.8. The van der Waals surface area contributed by atoms with Gasteiger partial charge in [-0.2, -0.15) is 9.60 Å². The van der Waals surface area contributed by atoms with E-state index in [0.717, 1.165) is 71.8 Å². The summed E-state index contributed by atoms with van der Waals surface area (Å²) in [4.78, 5) is 29.2. The van der Waals surface area contributed by atoms with Crippen LogP contribution in [0.1, 0.15) is 116 Å². The lowest BCUT2D eigenvalue weighted by molar-refractivity contribution is -1.06. The van der Waals surface area contributed by atoms with Crippen LogP contribution in [-0.4, -0.2) is 114 Å². The first kappa shape index (κ1) is 45.9. The molecular formula is C47H65Cl2N6O4S+. The molecular weight excluding hydrogens is 816 g/mol. The lowest BCUT2D eigenvalue weighted by Crippen LogP contribution is -2.79. The zero-order chi connectivity index (χ0) is 43.6. The van der Waals surface area contributed by atoms with Crippen LogP contribution in [0, 0.1) is 0 Å². The molecule has 0 aromatic heterocycles. The van der Waals surface area contributed by atoms with Gasteiger partial charge in [0.1, 0.15) is 46.6 Å². The highest BCUT2D eigenvalue weighted by molar-refractivity contribution is 7.90. The molecule has 7 atom stereocenters. The van der Waals surface area contributed by atoms with Gasteiger partial charge in [-0.05, 0) is 98.2 Å². The van der Waals surface area contributed by atoms with Gasteiger partial charge >= 0.3 is 0 Å². The molecule has 326 valence electrons. The summed E-state index contributed by atoms with van der Waals surface area (Å²) in [5, 5.41) is 3.80. The van der Waals surface area contributed by atoms with Gasteiger partial charge in [-0.25, -0.2) is 8.42 Å². The minimum absolute atomic E-state index is 0.00356. The second-order valence-corrected chi connectivity index (χ2v) is 20.8. The fourth-order valence-corrected chi connectivity index (χ4v) is 10.7. The van der Waals surface area contributed by atoms with Crippen LogP contribution in [0.5, 0.6) is 5.75 Å². The summed E-state index contributed by atoms with van der Waals surface area (Å²) in [6, 6.07) is 21.7. The number of sulfone groups is 1. The highest BCUT2D eigenvalue weighted by Crippen LogP contribution is 2.46. The maximum atomic E-state index is 13.8. The molecule has 3 aromatic carbocycles. The van der Waals surface area contributed by atoms with Crippen molar-refractivity contribution in [2.24, 2.45) is 9.98 Å². The molecule has 60 heavy (non-hydrogen) atoms. The zero-order valence-electron chi connectivity index (χ0n) is 36.9. The van der Waals surface area contributed by atoms with E-state index in [4.69, 9.17) is 37.9 Å². The number of amidine groups is 2. The van der Waals surface area contributed by atoms with E-state index in [9.17, 15) is 13.2 Å². The quantitative estimate of drug-likeness (QED) is 0.105. The maximum Gasteiger partial charge on any atom is 0.210 e. The molecule has 1 fully saturated rings. The van der Waals surface area contributed by atoms with Crippen molar-refractivity contribution < 1.29 is 22.5 Å². The summed E-state index contributed by atoms with van der Waals surface area (Å²) in [7, 11) is -3.33. The molecule has 1 saturated heterocycles. The Morgan fingerprint density at radius 3 is 1.90 bits per heavy atom. The van der Waals surface area contributed by atoms with Gasteiger partial charge in [0, 0.05) is 39.4 Å². The Morgan fingerprint density at radius 2 is 1.38 bits per heavy atom. The van der Waals surface area contributed by atoms with Crippen LogP contribution in [0.25, 0.3) is 0 Å². The third-order valence-corrected chi connectivity index (χ3v) is 14.3. The Hall–Kier alpha value is -3.64. The lowest BCUT2D eigenvalue weighted by Gasteiger charge is -2.60. The normalized spacial score (nSPS) is 26.0. The number of carbonyl (C=O) groups is 1. The maximum absolute atomic E-state index is 13.8. The molecule has 0 aliphatic carbocycles. The molecule has 13 heteroatoms. The first-order valence-corrected chi connectivity index (χ1v) is 24.6. The molecule has 3 aliphatic rings. The Bertz CT molecular complexity index is 2140. The molecule has 3 aromatic rings. The smallest absolute Gasteiger partial charge is 0.210 e. The number of halogens is 2. The van der Waals surface area contributed by atoms with Crippen LogP contribution in [0.4, 0.5) is 0 Å². The van der Waals surface area contributed by atoms with Crippen molar-refractivity contribution in [3.05, 3.63) is 99.0 Å². The number of ether oxygens (including phenoxy) is 1. The number of nitrogens with zero attached hydrogens (tertiary/aromatic N) is 6. The number of hydrogen-bond donors (Lipinski definition) is 0. The predicted molar refractivity (Wildman–Crippen MR) is 246 cm³/mol. The fraction of sp³-hybridized carbons (Fsp3) is 0.553. The first-order valence-electron chi connectivity index (χ1n) is 21.8. The van der Waals surface area contributed by atoms with E-state index < -0.39 is 15.9 Å². The van der Waals surface area contributed by atoms with E-state index >= 15 is 0 Å².